The van der Waals surface area contributed by atoms with E-state index in [-0.39, 0.29) is 5.82 Å². The molecule has 100 valence electrons. The van der Waals surface area contributed by atoms with Crippen LogP contribution in [-0.2, 0) is 6.54 Å². The van der Waals surface area contributed by atoms with Crippen molar-refractivity contribution in [3.63, 3.8) is 0 Å². The number of hydrogen-bond acceptors (Lipinski definition) is 2. The van der Waals surface area contributed by atoms with Crippen LogP contribution in [0.1, 0.15) is 5.56 Å². The standard InChI is InChI=1S/C13H20FN3S/c1-16(2)13(17(3)4)15-9-10-8-11(14)6-7-12(10)18-5/h6-8H,9H2,1-5H3. The Kier molecular flexibility index (Phi) is 5.47. The van der Waals surface area contributed by atoms with Gasteiger partial charge in [0.05, 0.1) is 6.54 Å². The topological polar surface area (TPSA) is 18.8 Å². The molecule has 1 aromatic rings. The molecule has 0 saturated carbocycles. The van der Waals surface area contributed by atoms with Crippen LogP contribution in [0.5, 0.6) is 0 Å². The normalized spacial score (nSPS) is 10.1. The third-order valence-electron chi connectivity index (χ3n) is 2.43. The first-order chi connectivity index (χ1) is 8.45. The largest absolute Gasteiger partial charge is 0.349 e. The van der Waals surface area contributed by atoms with E-state index in [0.29, 0.717) is 6.54 Å². The Morgan fingerprint density at radius 1 is 1.22 bits per heavy atom. The second kappa shape index (κ2) is 6.64. The minimum absolute atomic E-state index is 0.214. The summed E-state index contributed by atoms with van der Waals surface area (Å²) >= 11 is 1.61. The highest BCUT2D eigenvalue weighted by molar-refractivity contribution is 7.98. The van der Waals surface area contributed by atoms with Gasteiger partial charge in [-0.15, -0.1) is 11.8 Å². The fourth-order valence-electron chi connectivity index (χ4n) is 1.71. The van der Waals surface area contributed by atoms with Gasteiger partial charge < -0.3 is 9.80 Å². The summed E-state index contributed by atoms with van der Waals surface area (Å²) in [5.41, 5.74) is 0.920. The Morgan fingerprint density at radius 3 is 2.33 bits per heavy atom. The molecule has 5 heteroatoms. The van der Waals surface area contributed by atoms with Gasteiger partial charge in [0.1, 0.15) is 5.82 Å². The van der Waals surface area contributed by atoms with E-state index in [1.54, 1.807) is 23.9 Å². The maximum atomic E-state index is 13.2. The fourth-order valence-corrected chi connectivity index (χ4v) is 2.30. The Hall–Kier alpha value is -1.23. The van der Waals surface area contributed by atoms with Crippen molar-refractivity contribution in [2.24, 2.45) is 4.99 Å². The van der Waals surface area contributed by atoms with Crippen LogP contribution in [0.25, 0.3) is 0 Å². The molecule has 0 amide bonds. The molecule has 0 aliphatic rings. The molecule has 0 unspecified atom stereocenters. The zero-order chi connectivity index (χ0) is 13.7. The Morgan fingerprint density at radius 2 is 1.83 bits per heavy atom. The van der Waals surface area contributed by atoms with Crippen LogP contribution in [0.15, 0.2) is 28.1 Å². The van der Waals surface area contributed by atoms with Crippen LogP contribution >= 0.6 is 11.8 Å². The monoisotopic (exact) mass is 269 g/mol. The number of halogens is 1. The summed E-state index contributed by atoms with van der Waals surface area (Å²) in [4.78, 5) is 9.48. The molecule has 0 aliphatic carbocycles. The van der Waals surface area contributed by atoms with E-state index in [0.717, 1.165) is 16.4 Å². The summed E-state index contributed by atoms with van der Waals surface area (Å²) in [6.07, 6.45) is 1.99. The van der Waals surface area contributed by atoms with Gasteiger partial charge in [0.15, 0.2) is 5.96 Å². The summed E-state index contributed by atoms with van der Waals surface area (Å²) in [6.45, 7) is 0.486. The van der Waals surface area contributed by atoms with Crippen molar-refractivity contribution in [3.05, 3.63) is 29.6 Å². The zero-order valence-corrected chi connectivity index (χ0v) is 12.4. The van der Waals surface area contributed by atoms with Crippen molar-refractivity contribution in [1.29, 1.82) is 0 Å². The molecule has 18 heavy (non-hydrogen) atoms. The Labute approximate surface area is 113 Å². The molecule has 0 bridgehead atoms. The van der Waals surface area contributed by atoms with Gasteiger partial charge in [-0.05, 0) is 30.0 Å². The number of nitrogens with zero attached hydrogens (tertiary/aromatic N) is 3. The molecule has 0 aromatic heterocycles. The van der Waals surface area contributed by atoms with Crippen LogP contribution in [0, 0.1) is 5.82 Å². The summed E-state index contributed by atoms with van der Waals surface area (Å²) < 4.78 is 13.2. The van der Waals surface area contributed by atoms with E-state index in [1.807, 2.05) is 44.2 Å². The number of aliphatic imine (C=N–C) groups is 1. The van der Waals surface area contributed by atoms with Crippen LogP contribution in [-0.4, -0.2) is 50.2 Å². The van der Waals surface area contributed by atoms with Gasteiger partial charge in [-0.1, -0.05) is 0 Å². The van der Waals surface area contributed by atoms with Crippen LogP contribution in [0.3, 0.4) is 0 Å². The molecule has 0 spiro atoms. The average molecular weight is 269 g/mol. The number of guanidine groups is 1. The molecule has 0 saturated heterocycles. The van der Waals surface area contributed by atoms with Crippen molar-refractivity contribution in [2.75, 3.05) is 34.4 Å². The maximum Gasteiger partial charge on any atom is 0.195 e. The van der Waals surface area contributed by atoms with E-state index in [9.17, 15) is 4.39 Å². The fraction of sp³-hybridized carbons (Fsp3) is 0.462. The minimum atomic E-state index is -0.214. The molecule has 0 N–H and O–H groups in total. The maximum absolute atomic E-state index is 13.2. The lowest BCUT2D eigenvalue weighted by molar-refractivity contribution is 0.479. The predicted molar refractivity (Wildman–Crippen MR) is 76.7 cm³/mol. The molecule has 1 aromatic carbocycles. The van der Waals surface area contributed by atoms with Gasteiger partial charge >= 0.3 is 0 Å². The van der Waals surface area contributed by atoms with Crippen molar-refractivity contribution in [1.82, 2.24) is 9.80 Å². The summed E-state index contributed by atoms with van der Waals surface area (Å²) in [5, 5.41) is 0. The molecule has 1 rings (SSSR count). The second-order valence-corrected chi connectivity index (χ2v) is 5.21. The lowest BCUT2D eigenvalue weighted by Gasteiger charge is -2.22. The summed E-state index contributed by atoms with van der Waals surface area (Å²) in [6, 6.07) is 4.84. The molecule has 0 fully saturated rings. The zero-order valence-electron chi connectivity index (χ0n) is 11.6. The van der Waals surface area contributed by atoms with Crippen molar-refractivity contribution >= 4 is 17.7 Å². The molecular weight excluding hydrogens is 249 g/mol. The molecule has 0 atom stereocenters. The number of rotatable bonds is 3. The third kappa shape index (κ3) is 3.91. The lowest BCUT2D eigenvalue weighted by atomic mass is 10.2. The van der Waals surface area contributed by atoms with Gasteiger partial charge in [-0.3, -0.25) is 0 Å². The number of thioether (sulfide) groups is 1. The molecule has 0 radical (unpaired) electrons. The first kappa shape index (κ1) is 14.8. The van der Waals surface area contributed by atoms with Gasteiger partial charge in [-0.25, -0.2) is 9.38 Å². The molecular formula is C13H20FN3S. The van der Waals surface area contributed by atoms with Crippen LogP contribution < -0.4 is 0 Å². The summed E-state index contributed by atoms with van der Waals surface area (Å²) in [5.74, 6) is 0.653. The van der Waals surface area contributed by atoms with E-state index < -0.39 is 0 Å². The van der Waals surface area contributed by atoms with Crippen molar-refractivity contribution in [2.45, 2.75) is 11.4 Å². The first-order valence-electron chi connectivity index (χ1n) is 5.67. The lowest BCUT2D eigenvalue weighted by Crippen LogP contribution is -2.35. The van der Waals surface area contributed by atoms with Crippen molar-refractivity contribution in [3.8, 4) is 0 Å². The van der Waals surface area contributed by atoms with Crippen LogP contribution in [0.2, 0.25) is 0 Å². The minimum Gasteiger partial charge on any atom is -0.349 e. The highest BCUT2D eigenvalue weighted by Crippen LogP contribution is 2.22. The SMILES string of the molecule is CSc1ccc(F)cc1CN=C(N(C)C)N(C)C. The van der Waals surface area contributed by atoms with E-state index in [2.05, 4.69) is 4.99 Å². The van der Waals surface area contributed by atoms with E-state index >= 15 is 0 Å². The highest BCUT2D eigenvalue weighted by atomic mass is 32.2. The number of hydrogen-bond donors (Lipinski definition) is 0. The molecule has 0 heterocycles. The smallest absolute Gasteiger partial charge is 0.195 e. The predicted octanol–water partition coefficient (Wildman–Crippen LogP) is 2.53. The van der Waals surface area contributed by atoms with Gasteiger partial charge in [-0.2, -0.15) is 0 Å². The van der Waals surface area contributed by atoms with Crippen molar-refractivity contribution < 1.29 is 4.39 Å². The Balaban J connectivity index is 2.96. The molecule has 3 nitrogen and oxygen atoms in total. The summed E-state index contributed by atoms with van der Waals surface area (Å²) in [7, 11) is 7.78. The quantitative estimate of drug-likeness (QED) is 0.477. The van der Waals surface area contributed by atoms with Gasteiger partial charge in [0.25, 0.3) is 0 Å². The van der Waals surface area contributed by atoms with Crippen LogP contribution in [0.4, 0.5) is 4.39 Å². The second-order valence-electron chi connectivity index (χ2n) is 4.36. The third-order valence-corrected chi connectivity index (χ3v) is 3.27. The van der Waals surface area contributed by atoms with Gasteiger partial charge in [0, 0.05) is 33.1 Å². The van der Waals surface area contributed by atoms with E-state index in [1.165, 1.54) is 6.07 Å². The average Bonchev–Trinajstić information content (AvgIpc) is 2.28. The molecule has 0 aliphatic heterocycles. The Bertz CT molecular complexity index is 420. The van der Waals surface area contributed by atoms with Gasteiger partial charge in [0.2, 0.25) is 0 Å². The highest BCUT2D eigenvalue weighted by Gasteiger charge is 2.06. The first-order valence-corrected chi connectivity index (χ1v) is 6.89. The number of benzene rings is 1. The van der Waals surface area contributed by atoms with E-state index in [4.69, 9.17) is 0 Å².